The van der Waals surface area contributed by atoms with Crippen molar-refractivity contribution in [2.45, 2.75) is 5.92 Å². The van der Waals surface area contributed by atoms with Crippen LogP contribution in [0.5, 0.6) is 17.4 Å². The van der Waals surface area contributed by atoms with E-state index in [1.807, 2.05) is 30.5 Å². The SMILES string of the molecule is Oc1ccc2c(c1)Oc1ncn3nc(-c4ccco4)nc3c1[C@@H]2c1cccnc1. The topological polar surface area (TPSA) is 98.6 Å². The molecule has 0 unspecified atom stereocenters. The standard InChI is InChI=1S/C21H13N5O3/c27-13-5-6-14-16(9-13)29-21-18(17(14)12-3-1-7-22-10-12)20-24-19(15-4-2-8-28-15)25-26(20)11-23-21/h1-11,17,27H/t17-/m1/s1. The minimum Gasteiger partial charge on any atom is -0.508 e. The van der Waals surface area contributed by atoms with E-state index in [1.165, 1.54) is 0 Å². The summed E-state index contributed by atoms with van der Waals surface area (Å²) in [6, 6.07) is 12.6. The number of phenolic OH excluding ortho intramolecular Hbond substituents is 1. The van der Waals surface area contributed by atoms with Crippen LogP contribution in [0.1, 0.15) is 22.6 Å². The van der Waals surface area contributed by atoms with Crippen LogP contribution >= 0.6 is 0 Å². The van der Waals surface area contributed by atoms with Crippen LogP contribution in [-0.2, 0) is 0 Å². The molecule has 0 fully saturated rings. The van der Waals surface area contributed by atoms with Gasteiger partial charge in [-0.2, -0.15) is 0 Å². The van der Waals surface area contributed by atoms with Crippen molar-refractivity contribution < 1.29 is 14.3 Å². The first-order chi connectivity index (χ1) is 14.3. The van der Waals surface area contributed by atoms with Gasteiger partial charge in [-0.25, -0.2) is 14.5 Å². The van der Waals surface area contributed by atoms with Gasteiger partial charge in [0.25, 0.3) is 0 Å². The molecule has 0 saturated carbocycles. The molecule has 0 radical (unpaired) electrons. The summed E-state index contributed by atoms with van der Waals surface area (Å²) in [7, 11) is 0. The Labute approximate surface area is 164 Å². The molecule has 29 heavy (non-hydrogen) atoms. The highest BCUT2D eigenvalue weighted by molar-refractivity contribution is 5.67. The fraction of sp³-hybridized carbons (Fsp3) is 0.0476. The molecule has 1 aliphatic heterocycles. The largest absolute Gasteiger partial charge is 0.508 e. The maximum atomic E-state index is 9.92. The number of aromatic hydroxyl groups is 1. The minimum absolute atomic E-state index is 0.126. The van der Waals surface area contributed by atoms with E-state index in [2.05, 4.69) is 15.1 Å². The van der Waals surface area contributed by atoms with Crippen molar-refractivity contribution in [3.05, 3.63) is 84.1 Å². The summed E-state index contributed by atoms with van der Waals surface area (Å²) in [5.41, 5.74) is 3.25. The maximum Gasteiger partial charge on any atom is 0.228 e. The van der Waals surface area contributed by atoms with E-state index in [9.17, 15) is 5.11 Å². The van der Waals surface area contributed by atoms with Gasteiger partial charge in [0.15, 0.2) is 11.4 Å². The summed E-state index contributed by atoms with van der Waals surface area (Å²) >= 11 is 0. The van der Waals surface area contributed by atoms with Gasteiger partial charge in [0, 0.05) is 29.9 Å². The van der Waals surface area contributed by atoms with Crippen LogP contribution < -0.4 is 4.74 Å². The zero-order valence-corrected chi connectivity index (χ0v) is 14.9. The predicted molar refractivity (Wildman–Crippen MR) is 102 cm³/mol. The summed E-state index contributed by atoms with van der Waals surface area (Å²) in [6.45, 7) is 0. The number of benzene rings is 1. The molecule has 1 aliphatic rings. The first-order valence-electron chi connectivity index (χ1n) is 8.98. The molecule has 0 aliphatic carbocycles. The first kappa shape index (κ1) is 15.8. The van der Waals surface area contributed by atoms with E-state index in [0.717, 1.165) is 16.7 Å². The lowest BCUT2D eigenvalue weighted by atomic mass is 9.84. The van der Waals surface area contributed by atoms with E-state index in [4.69, 9.17) is 14.1 Å². The van der Waals surface area contributed by atoms with Crippen LogP contribution in [0.4, 0.5) is 0 Å². The van der Waals surface area contributed by atoms with Gasteiger partial charge >= 0.3 is 0 Å². The Bertz CT molecular complexity index is 1350. The first-order valence-corrected chi connectivity index (χ1v) is 8.98. The van der Waals surface area contributed by atoms with Gasteiger partial charge in [-0.15, -0.1) is 5.10 Å². The highest BCUT2D eigenvalue weighted by atomic mass is 16.5. The van der Waals surface area contributed by atoms with Crippen LogP contribution in [0.2, 0.25) is 0 Å². The molecule has 140 valence electrons. The van der Waals surface area contributed by atoms with E-state index in [-0.39, 0.29) is 11.7 Å². The molecule has 8 heteroatoms. The van der Waals surface area contributed by atoms with E-state index < -0.39 is 0 Å². The third-order valence-electron chi connectivity index (χ3n) is 4.95. The van der Waals surface area contributed by atoms with Crippen LogP contribution in [0.3, 0.4) is 0 Å². The molecule has 5 aromatic rings. The third kappa shape index (κ3) is 2.39. The van der Waals surface area contributed by atoms with Crippen molar-refractivity contribution in [3.63, 3.8) is 0 Å². The van der Waals surface area contributed by atoms with Crippen molar-refractivity contribution in [1.29, 1.82) is 0 Å². The van der Waals surface area contributed by atoms with E-state index >= 15 is 0 Å². The highest BCUT2D eigenvalue weighted by Crippen LogP contribution is 2.48. The van der Waals surface area contributed by atoms with Gasteiger partial charge in [-0.05, 0) is 29.8 Å². The number of hydrogen-bond donors (Lipinski definition) is 1. The zero-order chi connectivity index (χ0) is 19.4. The third-order valence-corrected chi connectivity index (χ3v) is 4.95. The second-order valence-electron chi connectivity index (χ2n) is 6.69. The number of phenols is 1. The summed E-state index contributed by atoms with van der Waals surface area (Å²) in [5.74, 6) is 1.90. The Balaban J connectivity index is 1.64. The van der Waals surface area contributed by atoms with Gasteiger partial charge in [-0.1, -0.05) is 12.1 Å². The molecular weight excluding hydrogens is 370 g/mol. The van der Waals surface area contributed by atoms with Crippen molar-refractivity contribution >= 4 is 5.65 Å². The van der Waals surface area contributed by atoms with Gasteiger partial charge in [0.05, 0.1) is 11.8 Å². The Morgan fingerprint density at radius 2 is 2.07 bits per heavy atom. The molecule has 1 N–H and O–H groups in total. The van der Waals surface area contributed by atoms with Crippen molar-refractivity contribution in [1.82, 2.24) is 24.6 Å². The molecule has 0 amide bonds. The summed E-state index contributed by atoms with van der Waals surface area (Å²) in [6.07, 6.45) is 6.68. The minimum atomic E-state index is -0.229. The number of furan rings is 1. The summed E-state index contributed by atoms with van der Waals surface area (Å²) in [5, 5.41) is 14.4. The molecule has 4 aromatic heterocycles. The number of pyridine rings is 1. The molecule has 0 saturated heterocycles. The normalized spacial score (nSPS) is 15.0. The molecule has 1 aromatic carbocycles. The number of nitrogens with zero attached hydrogens (tertiary/aromatic N) is 5. The number of fused-ring (bicyclic) bond motifs is 4. The Morgan fingerprint density at radius 3 is 2.90 bits per heavy atom. The summed E-state index contributed by atoms with van der Waals surface area (Å²) in [4.78, 5) is 13.4. The fourth-order valence-corrected chi connectivity index (χ4v) is 3.71. The van der Waals surface area contributed by atoms with Crippen molar-refractivity contribution in [3.8, 4) is 29.0 Å². The number of aromatic nitrogens is 5. The van der Waals surface area contributed by atoms with Gasteiger partial charge < -0.3 is 14.3 Å². The van der Waals surface area contributed by atoms with Gasteiger partial charge in [0.2, 0.25) is 11.7 Å². The molecule has 0 spiro atoms. The second-order valence-corrected chi connectivity index (χ2v) is 6.69. The average molecular weight is 383 g/mol. The molecular formula is C21H13N5O3. The average Bonchev–Trinajstić information content (AvgIpc) is 3.42. The molecule has 8 nitrogen and oxygen atoms in total. The molecule has 1 atom stereocenters. The van der Waals surface area contributed by atoms with Crippen LogP contribution in [0.25, 0.3) is 17.2 Å². The maximum absolute atomic E-state index is 9.92. The van der Waals surface area contributed by atoms with Gasteiger partial charge in [-0.3, -0.25) is 4.98 Å². The second kappa shape index (κ2) is 5.90. The fourth-order valence-electron chi connectivity index (χ4n) is 3.71. The molecule has 0 bridgehead atoms. The Kier molecular flexibility index (Phi) is 3.22. The lowest BCUT2D eigenvalue weighted by Crippen LogP contribution is -2.15. The van der Waals surface area contributed by atoms with E-state index in [0.29, 0.717) is 28.9 Å². The van der Waals surface area contributed by atoms with Crippen LogP contribution in [0, 0.1) is 0 Å². The van der Waals surface area contributed by atoms with E-state index in [1.54, 1.807) is 41.5 Å². The quantitative estimate of drug-likeness (QED) is 0.486. The lowest BCUT2D eigenvalue weighted by Gasteiger charge is -2.27. The highest BCUT2D eigenvalue weighted by Gasteiger charge is 2.33. The van der Waals surface area contributed by atoms with Crippen molar-refractivity contribution in [2.24, 2.45) is 0 Å². The smallest absolute Gasteiger partial charge is 0.228 e. The number of rotatable bonds is 2. The van der Waals surface area contributed by atoms with Crippen LogP contribution in [0.15, 0.2) is 71.9 Å². The van der Waals surface area contributed by atoms with Crippen LogP contribution in [-0.4, -0.2) is 29.7 Å². The predicted octanol–water partition coefficient (Wildman–Crippen LogP) is 3.77. The summed E-state index contributed by atoms with van der Waals surface area (Å²) < 4.78 is 13.1. The molecule has 5 heterocycles. The monoisotopic (exact) mass is 383 g/mol. The molecule has 6 rings (SSSR count). The Hall–Kier alpha value is -4.20. The lowest BCUT2D eigenvalue weighted by molar-refractivity contribution is 0.422. The van der Waals surface area contributed by atoms with Gasteiger partial charge in [0.1, 0.15) is 17.8 Å². The Morgan fingerprint density at radius 1 is 1.10 bits per heavy atom. The number of hydrogen-bond acceptors (Lipinski definition) is 7. The number of ether oxygens (including phenoxy) is 1. The zero-order valence-electron chi connectivity index (χ0n) is 14.9. The van der Waals surface area contributed by atoms with Crippen molar-refractivity contribution in [2.75, 3.05) is 0 Å².